The van der Waals surface area contributed by atoms with Crippen LogP contribution in [0.3, 0.4) is 0 Å². The molecule has 8 nitrogen and oxygen atoms in total. The van der Waals surface area contributed by atoms with E-state index in [4.69, 9.17) is 5.11 Å². The molecule has 0 spiro atoms. The standard InChI is InChI=1S/C8H16N6O2/c1-9-6(7(15)16)4-2-3-5-10-8-11-13-14-12-8/h6,9H,2-5H2,1H3,(H,15,16)(H2,10,11,12,13,14)/t6-/m0/s1. The number of hydrogen-bond donors (Lipinski definition) is 4. The van der Waals surface area contributed by atoms with Crippen LogP contribution >= 0.6 is 0 Å². The van der Waals surface area contributed by atoms with E-state index < -0.39 is 12.0 Å². The Kier molecular flexibility index (Phi) is 5.20. The number of nitrogens with zero attached hydrogens (tertiary/aromatic N) is 3. The molecule has 0 saturated carbocycles. The van der Waals surface area contributed by atoms with E-state index in [1.165, 1.54) is 0 Å². The van der Waals surface area contributed by atoms with E-state index in [-0.39, 0.29) is 0 Å². The fourth-order valence-electron chi connectivity index (χ4n) is 1.30. The Labute approximate surface area is 92.8 Å². The van der Waals surface area contributed by atoms with Crippen molar-refractivity contribution in [3.05, 3.63) is 0 Å². The average molecular weight is 228 g/mol. The molecule has 1 heterocycles. The lowest BCUT2D eigenvalue weighted by Crippen LogP contribution is -2.33. The van der Waals surface area contributed by atoms with Gasteiger partial charge in [0.25, 0.3) is 5.95 Å². The Morgan fingerprint density at radius 1 is 1.56 bits per heavy atom. The molecular formula is C8H16N6O2. The van der Waals surface area contributed by atoms with Gasteiger partial charge < -0.3 is 15.7 Å². The van der Waals surface area contributed by atoms with Crippen LogP contribution in [0.1, 0.15) is 19.3 Å². The Hall–Kier alpha value is -1.70. The van der Waals surface area contributed by atoms with Gasteiger partial charge in [0.15, 0.2) is 0 Å². The molecule has 0 fully saturated rings. The highest BCUT2D eigenvalue weighted by molar-refractivity contribution is 5.73. The van der Waals surface area contributed by atoms with Crippen molar-refractivity contribution in [3.8, 4) is 0 Å². The summed E-state index contributed by atoms with van der Waals surface area (Å²) in [5.74, 6) is -0.350. The van der Waals surface area contributed by atoms with Crippen molar-refractivity contribution in [1.29, 1.82) is 0 Å². The zero-order chi connectivity index (χ0) is 11.8. The van der Waals surface area contributed by atoms with Gasteiger partial charge in [0.05, 0.1) is 0 Å². The monoisotopic (exact) mass is 228 g/mol. The average Bonchev–Trinajstić information content (AvgIpc) is 2.75. The van der Waals surface area contributed by atoms with E-state index in [1.807, 2.05) is 0 Å². The molecule has 1 rings (SSSR count). The number of nitrogens with one attached hydrogen (secondary N) is 3. The number of rotatable bonds is 8. The second kappa shape index (κ2) is 6.72. The van der Waals surface area contributed by atoms with Gasteiger partial charge in [0, 0.05) is 6.54 Å². The second-order valence-electron chi connectivity index (χ2n) is 3.34. The number of hydrogen-bond acceptors (Lipinski definition) is 6. The summed E-state index contributed by atoms with van der Waals surface area (Å²) >= 11 is 0. The molecule has 0 aliphatic carbocycles. The fraction of sp³-hybridized carbons (Fsp3) is 0.750. The number of anilines is 1. The number of tetrazole rings is 1. The summed E-state index contributed by atoms with van der Waals surface area (Å²) in [4.78, 5) is 10.7. The summed E-state index contributed by atoms with van der Waals surface area (Å²) in [5, 5.41) is 27.7. The number of carboxylic acid groups (broad SMARTS) is 1. The molecule has 0 aliphatic heterocycles. The molecule has 0 aromatic carbocycles. The third-order valence-electron chi connectivity index (χ3n) is 2.19. The van der Waals surface area contributed by atoms with Gasteiger partial charge in [-0.25, -0.2) is 0 Å². The van der Waals surface area contributed by atoms with Gasteiger partial charge in [0.1, 0.15) is 6.04 Å². The van der Waals surface area contributed by atoms with E-state index in [2.05, 4.69) is 31.3 Å². The highest BCUT2D eigenvalue weighted by Crippen LogP contribution is 2.01. The summed E-state index contributed by atoms with van der Waals surface area (Å²) in [6.07, 6.45) is 2.29. The Morgan fingerprint density at radius 2 is 2.38 bits per heavy atom. The van der Waals surface area contributed by atoms with Gasteiger partial charge in [-0.1, -0.05) is 5.10 Å². The number of H-pyrrole nitrogens is 1. The van der Waals surface area contributed by atoms with Crippen molar-refractivity contribution in [3.63, 3.8) is 0 Å². The van der Waals surface area contributed by atoms with Crippen molar-refractivity contribution in [2.24, 2.45) is 0 Å². The smallest absolute Gasteiger partial charge is 0.320 e. The maximum absolute atomic E-state index is 10.7. The number of unbranched alkanes of at least 4 members (excludes halogenated alkanes) is 1. The van der Waals surface area contributed by atoms with Crippen LogP contribution < -0.4 is 10.6 Å². The van der Waals surface area contributed by atoms with Gasteiger partial charge in [-0.05, 0) is 31.5 Å². The first-order valence-electron chi connectivity index (χ1n) is 5.11. The summed E-state index contributed by atoms with van der Waals surface area (Å²) in [7, 11) is 1.65. The van der Waals surface area contributed by atoms with Gasteiger partial charge in [-0.15, -0.1) is 5.10 Å². The highest BCUT2D eigenvalue weighted by atomic mass is 16.4. The van der Waals surface area contributed by atoms with Crippen LogP contribution in [-0.2, 0) is 4.79 Å². The van der Waals surface area contributed by atoms with Crippen LogP contribution in [0.25, 0.3) is 0 Å². The Morgan fingerprint density at radius 3 is 2.94 bits per heavy atom. The molecule has 90 valence electrons. The van der Waals surface area contributed by atoms with E-state index in [0.29, 0.717) is 18.9 Å². The van der Waals surface area contributed by atoms with Crippen molar-refractivity contribution < 1.29 is 9.90 Å². The third kappa shape index (κ3) is 4.22. The molecular weight excluding hydrogens is 212 g/mol. The molecule has 1 aromatic rings. The molecule has 0 radical (unpaired) electrons. The molecule has 0 unspecified atom stereocenters. The molecule has 16 heavy (non-hydrogen) atoms. The number of likely N-dealkylation sites (N-methyl/N-ethyl adjacent to an activating group) is 1. The SMILES string of the molecule is CN[C@@H](CCCCNc1nn[nH]n1)C(=O)O. The lowest BCUT2D eigenvalue weighted by Gasteiger charge is -2.10. The van der Waals surface area contributed by atoms with Crippen LogP contribution in [0, 0.1) is 0 Å². The second-order valence-corrected chi connectivity index (χ2v) is 3.34. The number of aliphatic carboxylic acids is 1. The van der Waals surface area contributed by atoms with E-state index in [0.717, 1.165) is 12.8 Å². The Balaban J connectivity index is 2.05. The van der Waals surface area contributed by atoms with Gasteiger partial charge in [-0.2, -0.15) is 5.21 Å². The molecule has 4 N–H and O–H groups in total. The van der Waals surface area contributed by atoms with Crippen molar-refractivity contribution in [2.75, 3.05) is 18.9 Å². The summed E-state index contributed by atoms with van der Waals surface area (Å²) in [6, 6.07) is -0.467. The van der Waals surface area contributed by atoms with Gasteiger partial charge >= 0.3 is 5.97 Å². The maximum Gasteiger partial charge on any atom is 0.320 e. The predicted molar refractivity (Wildman–Crippen MR) is 57.0 cm³/mol. The first kappa shape index (κ1) is 12.4. The quantitative estimate of drug-likeness (QED) is 0.441. The molecule has 0 aliphatic rings. The topological polar surface area (TPSA) is 116 Å². The number of aromatic nitrogens is 4. The van der Waals surface area contributed by atoms with E-state index >= 15 is 0 Å². The van der Waals surface area contributed by atoms with Crippen molar-refractivity contribution >= 4 is 11.9 Å². The first-order chi connectivity index (χ1) is 7.74. The van der Waals surface area contributed by atoms with Crippen LogP contribution in [-0.4, -0.2) is 51.3 Å². The number of carboxylic acids is 1. The molecule has 0 saturated heterocycles. The predicted octanol–water partition coefficient (Wildman–Crippen LogP) is -0.545. The van der Waals surface area contributed by atoms with Crippen molar-refractivity contribution in [1.82, 2.24) is 25.9 Å². The maximum atomic E-state index is 10.7. The summed E-state index contributed by atoms with van der Waals surface area (Å²) in [5.41, 5.74) is 0. The molecule has 1 atom stereocenters. The third-order valence-corrected chi connectivity index (χ3v) is 2.19. The molecule has 8 heteroatoms. The normalized spacial score (nSPS) is 12.3. The number of carbonyl (C=O) groups is 1. The van der Waals surface area contributed by atoms with E-state index in [9.17, 15) is 4.79 Å². The highest BCUT2D eigenvalue weighted by Gasteiger charge is 2.13. The zero-order valence-corrected chi connectivity index (χ0v) is 9.10. The van der Waals surface area contributed by atoms with Crippen molar-refractivity contribution in [2.45, 2.75) is 25.3 Å². The first-order valence-corrected chi connectivity index (χ1v) is 5.11. The lowest BCUT2D eigenvalue weighted by molar-refractivity contribution is -0.139. The minimum Gasteiger partial charge on any atom is -0.480 e. The largest absolute Gasteiger partial charge is 0.480 e. The van der Waals surface area contributed by atoms with Crippen LogP contribution in [0.5, 0.6) is 0 Å². The van der Waals surface area contributed by atoms with Gasteiger partial charge in [-0.3, -0.25) is 4.79 Å². The minimum atomic E-state index is -0.811. The van der Waals surface area contributed by atoms with Crippen LogP contribution in [0.4, 0.5) is 5.95 Å². The van der Waals surface area contributed by atoms with E-state index in [1.54, 1.807) is 7.05 Å². The fourth-order valence-corrected chi connectivity index (χ4v) is 1.30. The van der Waals surface area contributed by atoms with Gasteiger partial charge in [0.2, 0.25) is 0 Å². The summed E-state index contributed by atoms with van der Waals surface area (Å²) < 4.78 is 0. The minimum absolute atomic E-state index is 0.461. The summed E-state index contributed by atoms with van der Waals surface area (Å²) in [6.45, 7) is 0.704. The lowest BCUT2D eigenvalue weighted by atomic mass is 10.1. The molecule has 0 amide bonds. The molecule has 1 aromatic heterocycles. The molecule has 0 bridgehead atoms. The van der Waals surface area contributed by atoms with Crippen LogP contribution in [0.2, 0.25) is 0 Å². The number of aromatic amines is 1. The Bertz CT molecular complexity index is 301. The zero-order valence-electron chi connectivity index (χ0n) is 9.10. The van der Waals surface area contributed by atoms with Crippen LogP contribution in [0.15, 0.2) is 0 Å².